The van der Waals surface area contributed by atoms with E-state index in [4.69, 9.17) is 28.6 Å². The third-order valence-electron chi connectivity index (χ3n) is 6.69. The van der Waals surface area contributed by atoms with Crippen LogP contribution in [0, 0.1) is 24.0 Å². The molecule has 0 aliphatic carbocycles. The van der Waals surface area contributed by atoms with Crippen LogP contribution >= 0.6 is 23.8 Å². The molecule has 1 fully saturated rings. The fourth-order valence-corrected chi connectivity index (χ4v) is 5.26. The molecule has 0 bridgehead atoms. The van der Waals surface area contributed by atoms with Gasteiger partial charge >= 0.3 is 5.69 Å². The van der Waals surface area contributed by atoms with Crippen LogP contribution in [0.3, 0.4) is 0 Å². The Morgan fingerprint density at radius 2 is 1.83 bits per heavy atom. The maximum atomic E-state index is 13.6. The molecule has 0 saturated carbocycles. The summed E-state index contributed by atoms with van der Waals surface area (Å²) in [4.78, 5) is 40.8. The molecule has 2 heterocycles. The number of halogens is 1. The zero-order valence-corrected chi connectivity index (χ0v) is 24.6. The molecule has 41 heavy (non-hydrogen) atoms. The average molecular weight is 599 g/mol. The van der Waals surface area contributed by atoms with Crippen molar-refractivity contribution in [2.24, 2.45) is 0 Å². The number of carbonyl (C=O) groups is 2. The molecule has 4 rings (SSSR count). The number of hydrogen-bond acceptors (Lipinski definition) is 7. The van der Waals surface area contributed by atoms with Gasteiger partial charge in [0, 0.05) is 23.8 Å². The Balaban J connectivity index is 1.49. The number of aryl methyl sites for hydroxylation is 2. The first-order valence-electron chi connectivity index (χ1n) is 13.2. The Bertz CT molecular complexity index is 1440. The Labute approximate surface area is 248 Å². The molecule has 1 saturated heterocycles. The minimum Gasteiger partial charge on any atom is -0.494 e. The second kappa shape index (κ2) is 13.1. The largest absolute Gasteiger partial charge is 0.494 e. The van der Waals surface area contributed by atoms with Crippen molar-refractivity contribution in [2.45, 2.75) is 52.6 Å². The van der Waals surface area contributed by atoms with E-state index in [0.29, 0.717) is 59.7 Å². The molecular formula is C28H31ClN6O5S. The summed E-state index contributed by atoms with van der Waals surface area (Å²) in [6.07, 6.45) is 1.25. The first-order valence-corrected chi connectivity index (χ1v) is 14.0. The van der Waals surface area contributed by atoms with Crippen LogP contribution in [0.4, 0.5) is 17.1 Å². The van der Waals surface area contributed by atoms with Gasteiger partial charge < -0.3 is 15.0 Å². The first-order chi connectivity index (χ1) is 19.6. The van der Waals surface area contributed by atoms with Crippen LogP contribution in [-0.2, 0) is 16.1 Å². The molecule has 1 N–H and O–H groups in total. The molecule has 2 aromatic carbocycles. The van der Waals surface area contributed by atoms with Gasteiger partial charge in [0.05, 0.1) is 23.6 Å². The lowest BCUT2D eigenvalue weighted by Gasteiger charge is -2.24. The molecular weight excluding hydrogens is 568 g/mol. The maximum Gasteiger partial charge on any atom is 0.312 e. The molecule has 11 nitrogen and oxygen atoms in total. The number of anilines is 2. The van der Waals surface area contributed by atoms with Gasteiger partial charge in [-0.25, -0.2) is 0 Å². The number of rotatable bonds is 12. The second-order valence-electron chi connectivity index (χ2n) is 9.62. The third kappa shape index (κ3) is 6.83. The number of nitrogens with one attached hydrogen (secondary N) is 1. The zero-order valence-electron chi connectivity index (χ0n) is 23.0. The fourth-order valence-electron chi connectivity index (χ4n) is 4.72. The minimum absolute atomic E-state index is 0.00899. The third-order valence-corrected chi connectivity index (χ3v) is 7.36. The lowest BCUT2D eigenvalue weighted by Crippen LogP contribution is -2.38. The Kier molecular flexibility index (Phi) is 9.56. The molecule has 216 valence electrons. The standard InChI is InChI=1S/C28H31ClN6O5S/c1-4-16-40-23-12-8-21(9-13-23)30-25(36)17-24-27(37)34(22-10-6-20(29)7-11-22)28(41)32(24)14-5-15-33-19(3)26(35(38)39)18(2)31-33/h6-13,24H,4-5,14-17H2,1-3H3,(H,30,36)/t24-/m1/s1. The summed E-state index contributed by atoms with van der Waals surface area (Å²) < 4.78 is 7.17. The van der Waals surface area contributed by atoms with Crippen LogP contribution in [0.25, 0.3) is 0 Å². The van der Waals surface area contributed by atoms with E-state index in [9.17, 15) is 19.7 Å². The molecule has 1 atom stereocenters. The first kappa shape index (κ1) is 29.9. The van der Waals surface area contributed by atoms with E-state index in [1.807, 2.05) is 6.92 Å². The van der Waals surface area contributed by atoms with Gasteiger partial charge in [-0.1, -0.05) is 18.5 Å². The van der Waals surface area contributed by atoms with Crippen molar-refractivity contribution < 1.29 is 19.2 Å². The summed E-state index contributed by atoms with van der Waals surface area (Å²) in [5.74, 6) is 0.0435. The molecule has 0 unspecified atom stereocenters. The predicted octanol–water partition coefficient (Wildman–Crippen LogP) is 5.27. The number of amides is 2. The van der Waals surface area contributed by atoms with Crippen molar-refractivity contribution in [3.63, 3.8) is 0 Å². The molecule has 2 amide bonds. The van der Waals surface area contributed by atoms with Crippen LogP contribution < -0.4 is 15.0 Å². The van der Waals surface area contributed by atoms with E-state index in [1.54, 1.807) is 72.0 Å². The van der Waals surface area contributed by atoms with Gasteiger partial charge in [-0.2, -0.15) is 5.10 Å². The SMILES string of the molecule is CCCOc1ccc(NC(=O)C[C@@H]2C(=O)N(c3ccc(Cl)cc3)C(=S)N2CCCn2nc(C)c([N+](=O)[O-])c2C)cc1. The highest BCUT2D eigenvalue weighted by atomic mass is 35.5. The maximum absolute atomic E-state index is 13.6. The van der Waals surface area contributed by atoms with Crippen molar-refractivity contribution >= 4 is 57.8 Å². The summed E-state index contributed by atoms with van der Waals surface area (Å²) >= 11 is 11.8. The van der Waals surface area contributed by atoms with Crippen molar-refractivity contribution in [1.29, 1.82) is 0 Å². The Morgan fingerprint density at radius 3 is 2.44 bits per heavy atom. The van der Waals surface area contributed by atoms with Gasteiger partial charge in [-0.15, -0.1) is 0 Å². The molecule has 3 aromatic rings. The van der Waals surface area contributed by atoms with Crippen LogP contribution in [0.1, 0.15) is 37.6 Å². The van der Waals surface area contributed by atoms with E-state index < -0.39 is 11.0 Å². The summed E-state index contributed by atoms with van der Waals surface area (Å²) in [7, 11) is 0. The Morgan fingerprint density at radius 1 is 1.15 bits per heavy atom. The van der Waals surface area contributed by atoms with Crippen LogP contribution in [0.2, 0.25) is 5.02 Å². The molecule has 1 aliphatic heterocycles. The normalized spacial score (nSPS) is 15.0. The molecule has 0 radical (unpaired) electrons. The fraction of sp³-hybridized carbons (Fsp3) is 0.357. The van der Waals surface area contributed by atoms with Crippen LogP contribution in [-0.4, -0.2) is 55.7 Å². The van der Waals surface area contributed by atoms with Gasteiger partial charge in [0.25, 0.3) is 5.91 Å². The van der Waals surface area contributed by atoms with Gasteiger partial charge in [-0.05, 0) is 87.4 Å². The van der Waals surface area contributed by atoms with E-state index in [1.165, 1.54) is 4.90 Å². The lowest BCUT2D eigenvalue weighted by molar-refractivity contribution is -0.386. The highest BCUT2D eigenvalue weighted by Gasteiger charge is 2.44. The highest BCUT2D eigenvalue weighted by Crippen LogP contribution is 2.29. The summed E-state index contributed by atoms with van der Waals surface area (Å²) in [5.41, 5.74) is 1.92. The number of hydrogen-bond donors (Lipinski definition) is 1. The van der Waals surface area contributed by atoms with E-state index in [-0.39, 0.29) is 29.0 Å². The summed E-state index contributed by atoms with van der Waals surface area (Å²) in [6.45, 7) is 6.59. The number of nitrogens with zero attached hydrogens (tertiary/aromatic N) is 5. The number of aromatic nitrogens is 2. The van der Waals surface area contributed by atoms with Crippen molar-refractivity contribution in [1.82, 2.24) is 14.7 Å². The molecule has 0 spiro atoms. The number of benzene rings is 2. The monoisotopic (exact) mass is 598 g/mol. The van der Waals surface area contributed by atoms with E-state index in [0.717, 1.165) is 6.42 Å². The number of ether oxygens (including phenoxy) is 1. The van der Waals surface area contributed by atoms with Gasteiger partial charge in [0.15, 0.2) is 5.11 Å². The quantitative estimate of drug-likeness (QED) is 0.170. The van der Waals surface area contributed by atoms with Crippen molar-refractivity contribution in [3.8, 4) is 5.75 Å². The average Bonchev–Trinajstić information content (AvgIpc) is 3.35. The molecule has 1 aliphatic rings. The van der Waals surface area contributed by atoms with Crippen molar-refractivity contribution in [2.75, 3.05) is 23.4 Å². The highest BCUT2D eigenvalue weighted by molar-refractivity contribution is 7.80. The van der Waals surface area contributed by atoms with Crippen LogP contribution in [0.5, 0.6) is 5.75 Å². The van der Waals surface area contributed by atoms with Gasteiger partial charge in [0.1, 0.15) is 23.2 Å². The molecule has 1 aromatic heterocycles. The Hall–Kier alpha value is -4.03. The van der Waals surface area contributed by atoms with E-state index in [2.05, 4.69) is 10.4 Å². The predicted molar refractivity (Wildman–Crippen MR) is 160 cm³/mol. The number of thiocarbonyl (C=S) groups is 1. The van der Waals surface area contributed by atoms with E-state index >= 15 is 0 Å². The topological polar surface area (TPSA) is 123 Å². The minimum atomic E-state index is -0.833. The zero-order chi connectivity index (χ0) is 29.7. The lowest BCUT2D eigenvalue weighted by atomic mass is 10.1. The number of nitro groups is 1. The summed E-state index contributed by atoms with van der Waals surface area (Å²) in [5, 5.41) is 19.3. The van der Waals surface area contributed by atoms with Gasteiger partial charge in [0.2, 0.25) is 5.91 Å². The van der Waals surface area contributed by atoms with Crippen LogP contribution in [0.15, 0.2) is 48.5 Å². The second-order valence-corrected chi connectivity index (χ2v) is 10.4. The smallest absolute Gasteiger partial charge is 0.312 e. The van der Waals surface area contributed by atoms with Gasteiger partial charge in [-0.3, -0.25) is 29.3 Å². The summed E-state index contributed by atoms with van der Waals surface area (Å²) in [6, 6.07) is 12.9. The molecule has 13 heteroatoms. The van der Waals surface area contributed by atoms with Crippen molar-refractivity contribution in [3.05, 3.63) is 75.1 Å². The number of carbonyl (C=O) groups excluding carboxylic acids is 2.